The second-order valence-electron chi connectivity index (χ2n) is 3.50. The van der Waals surface area contributed by atoms with Gasteiger partial charge in [-0.15, -0.1) is 0 Å². The number of aromatic hydroxyl groups is 1. The van der Waals surface area contributed by atoms with Crippen LogP contribution in [0.2, 0.25) is 5.02 Å². The number of nitrogens with one attached hydrogen (secondary N) is 1. The highest BCUT2D eigenvalue weighted by molar-refractivity contribution is 6.30. The summed E-state index contributed by atoms with van der Waals surface area (Å²) >= 11 is 5.79. The van der Waals surface area contributed by atoms with Crippen LogP contribution in [-0.2, 0) is 0 Å². The molecule has 0 heterocycles. The Hall–Kier alpha value is -2.00. The van der Waals surface area contributed by atoms with Crippen molar-refractivity contribution in [2.75, 3.05) is 5.32 Å². The van der Waals surface area contributed by atoms with Crippen LogP contribution in [0.4, 0.5) is 11.4 Å². The van der Waals surface area contributed by atoms with Gasteiger partial charge in [-0.2, -0.15) is 0 Å². The number of hydrogen-bond acceptors (Lipinski definition) is 3. The Kier molecular flexibility index (Phi) is 3.30. The lowest BCUT2D eigenvalue weighted by Crippen LogP contribution is -2.03. The number of benzene rings is 1. The van der Waals surface area contributed by atoms with Crippen LogP contribution in [0.5, 0.6) is 5.75 Å². The molecule has 2 rings (SSSR count). The standard InChI is InChI=1S/C13H10ClNO2/c14-9-1-7-12(13(17)8-2-9)15-10-3-5-11(16)6-4-10/h1-8,16H,(H,15,17). The second-order valence-corrected chi connectivity index (χ2v) is 3.94. The van der Waals surface area contributed by atoms with Crippen LogP contribution < -0.4 is 10.7 Å². The summed E-state index contributed by atoms with van der Waals surface area (Å²) in [4.78, 5) is 11.7. The minimum atomic E-state index is -0.148. The zero-order valence-electron chi connectivity index (χ0n) is 8.85. The van der Waals surface area contributed by atoms with E-state index in [4.69, 9.17) is 16.7 Å². The predicted molar refractivity (Wildman–Crippen MR) is 69.1 cm³/mol. The topological polar surface area (TPSA) is 49.3 Å². The van der Waals surface area contributed by atoms with Crippen molar-refractivity contribution in [2.24, 2.45) is 0 Å². The molecule has 0 fully saturated rings. The first-order chi connectivity index (χ1) is 8.15. The van der Waals surface area contributed by atoms with Gasteiger partial charge >= 0.3 is 0 Å². The van der Waals surface area contributed by atoms with E-state index in [1.54, 1.807) is 42.5 Å². The zero-order chi connectivity index (χ0) is 12.3. The highest BCUT2D eigenvalue weighted by atomic mass is 35.5. The lowest BCUT2D eigenvalue weighted by atomic mass is 10.3. The fourth-order valence-electron chi connectivity index (χ4n) is 1.35. The second kappa shape index (κ2) is 4.89. The Bertz CT molecular complexity index is 582. The van der Waals surface area contributed by atoms with E-state index in [9.17, 15) is 4.79 Å². The Morgan fingerprint density at radius 3 is 2.29 bits per heavy atom. The Morgan fingerprint density at radius 2 is 1.59 bits per heavy atom. The summed E-state index contributed by atoms with van der Waals surface area (Å²) in [5.41, 5.74) is 1.01. The van der Waals surface area contributed by atoms with Crippen LogP contribution in [0.25, 0.3) is 0 Å². The molecule has 0 atom stereocenters. The number of anilines is 2. The van der Waals surface area contributed by atoms with Crippen molar-refractivity contribution in [3.8, 4) is 5.75 Å². The molecule has 0 saturated carbocycles. The normalized spacial score (nSPS) is 9.94. The molecule has 3 nitrogen and oxygen atoms in total. The monoisotopic (exact) mass is 247 g/mol. The zero-order valence-corrected chi connectivity index (χ0v) is 9.61. The van der Waals surface area contributed by atoms with E-state index in [1.165, 1.54) is 6.07 Å². The van der Waals surface area contributed by atoms with E-state index >= 15 is 0 Å². The van der Waals surface area contributed by atoms with Gasteiger partial charge in [0.2, 0.25) is 5.43 Å². The van der Waals surface area contributed by atoms with Gasteiger partial charge in [0.05, 0.1) is 5.69 Å². The molecule has 4 heteroatoms. The van der Waals surface area contributed by atoms with Gasteiger partial charge < -0.3 is 10.4 Å². The molecule has 2 aromatic rings. The third-order valence-corrected chi connectivity index (χ3v) is 2.47. The van der Waals surface area contributed by atoms with E-state index in [0.717, 1.165) is 5.69 Å². The molecule has 0 saturated heterocycles. The summed E-state index contributed by atoms with van der Waals surface area (Å²) in [7, 11) is 0. The third-order valence-electron chi connectivity index (χ3n) is 2.21. The first-order valence-electron chi connectivity index (χ1n) is 5.01. The summed E-state index contributed by atoms with van der Waals surface area (Å²) in [5, 5.41) is 12.6. The highest BCUT2D eigenvalue weighted by Crippen LogP contribution is 2.17. The molecular weight excluding hydrogens is 238 g/mol. The fraction of sp³-hybridized carbons (Fsp3) is 0. The molecule has 2 aromatic carbocycles. The first kappa shape index (κ1) is 11.5. The number of rotatable bonds is 2. The van der Waals surface area contributed by atoms with Gasteiger partial charge in [-0.3, -0.25) is 4.79 Å². The van der Waals surface area contributed by atoms with Gasteiger partial charge in [-0.05, 0) is 48.5 Å². The van der Waals surface area contributed by atoms with Crippen LogP contribution in [0.15, 0.2) is 53.3 Å². The minimum Gasteiger partial charge on any atom is -0.508 e. The van der Waals surface area contributed by atoms with Gasteiger partial charge in [-0.1, -0.05) is 11.6 Å². The molecule has 0 aliphatic heterocycles. The van der Waals surface area contributed by atoms with Gasteiger partial charge in [-0.25, -0.2) is 0 Å². The summed E-state index contributed by atoms with van der Waals surface area (Å²) in [6.45, 7) is 0. The number of halogens is 1. The van der Waals surface area contributed by atoms with Gasteiger partial charge in [0, 0.05) is 10.7 Å². The van der Waals surface area contributed by atoms with Crippen molar-refractivity contribution in [1.82, 2.24) is 0 Å². The molecular formula is C13H10ClNO2. The van der Waals surface area contributed by atoms with E-state index in [0.29, 0.717) is 10.7 Å². The molecule has 2 N–H and O–H groups in total. The van der Waals surface area contributed by atoms with E-state index in [2.05, 4.69) is 5.32 Å². The van der Waals surface area contributed by atoms with Crippen LogP contribution >= 0.6 is 11.6 Å². The van der Waals surface area contributed by atoms with Crippen molar-refractivity contribution in [2.45, 2.75) is 0 Å². The van der Waals surface area contributed by atoms with Crippen molar-refractivity contribution < 1.29 is 5.11 Å². The average Bonchev–Trinajstić information content (AvgIpc) is 2.47. The molecule has 0 spiro atoms. The van der Waals surface area contributed by atoms with E-state index in [1.807, 2.05) is 0 Å². The third kappa shape index (κ3) is 2.98. The summed E-state index contributed by atoms with van der Waals surface area (Å²) in [5.74, 6) is 0.180. The van der Waals surface area contributed by atoms with Crippen molar-refractivity contribution in [3.63, 3.8) is 0 Å². The number of phenols is 1. The number of phenolic OH excluding ortho intramolecular Hbond substituents is 1. The summed E-state index contributed by atoms with van der Waals surface area (Å²) in [6.07, 6.45) is 0. The van der Waals surface area contributed by atoms with E-state index < -0.39 is 0 Å². The first-order valence-corrected chi connectivity index (χ1v) is 5.39. The smallest absolute Gasteiger partial charge is 0.202 e. The van der Waals surface area contributed by atoms with E-state index in [-0.39, 0.29) is 11.2 Å². The molecule has 0 aliphatic carbocycles. The van der Waals surface area contributed by atoms with Crippen LogP contribution in [0, 0.1) is 0 Å². The van der Waals surface area contributed by atoms with Crippen molar-refractivity contribution in [1.29, 1.82) is 0 Å². The van der Waals surface area contributed by atoms with Gasteiger partial charge in [0.25, 0.3) is 0 Å². The lowest BCUT2D eigenvalue weighted by Gasteiger charge is -2.03. The van der Waals surface area contributed by atoms with Crippen LogP contribution in [-0.4, -0.2) is 5.11 Å². The van der Waals surface area contributed by atoms with Crippen LogP contribution in [0.3, 0.4) is 0 Å². The Morgan fingerprint density at radius 1 is 0.941 bits per heavy atom. The maximum atomic E-state index is 11.7. The summed E-state index contributed by atoms with van der Waals surface area (Å²) < 4.78 is 0. The van der Waals surface area contributed by atoms with Crippen molar-refractivity contribution >= 4 is 23.0 Å². The summed E-state index contributed by atoms with van der Waals surface area (Å²) in [6, 6.07) is 12.7. The maximum absolute atomic E-state index is 11.7. The molecule has 0 bridgehead atoms. The molecule has 86 valence electrons. The minimum absolute atomic E-state index is 0.148. The molecule has 0 unspecified atom stereocenters. The largest absolute Gasteiger partial charge is 0.508 e. The number of hydrogen-bond donors (Lipinski definition) is 2. The SMILES string of the molecule is O=c1ccc(Cl)ccc1Nc1ccc(O)cc1. The maximum Gasteiger partial charge on any atom is 0.202 e. The highest BCUT2D eigenvalue weighted by Gasteiger charge is 1.98. The Balaban J connectivity index is 2.34. The van der Waals surface area contributed by atoms with Gasteiger partial charge in [0.1, 0.15) is 5.75 Å². The average molecular weight is 248 g/mol. The van der Waals surface area contributed by atoms with Crippen molar-refractivity contribution in [3.05, 3.63) is 63.8 Å². The predicted octanol–water partition coefficient (Wildman–Crippen LogP) is 3.15. The molecule has 0 aromatic heterocycles. The molecule has 0 amide bonds. The quantitative estimate of drug-likeness (QED) is 0.802. The Labute approximate surface area is 103 Å². The van der Waals surface area contributed by atoms with Gasteiger partial charge in [0.15, 0.2) is 0 Å². The lowest BCUT2D eigenvalue weighted by molar-refractivity contribution is 0.475. The molecule has 0 radical (unpaired) electrons. The van der Waals surface area contributed by atoms with Crippen LogP contribution in [0.1, 0.15) is 0 Å². The fourth-order valence-corrected chi connectivity index (χ4v) is 1.48. The molecule has 0 aliphatic rings. The molecule has 17 heavy (non-hydrogen) atoms.